The lowest BCUT2D eigenvalue weighted by atomic mass is 10.2. The summed E-state index contributed by atoms with van der Waals surface area (Å²) < 4.78 is 5.62. The first-order chi connectivity index (χ1) is 10.1. The van der Waals surface area contributed by atoms with Crippen LogP contribution in [0.2, 0.25) is 0 Å². The van der Waals surface area contributed by atoms with Crippen LogP contribution in [0.1, 0.15) is 18.1 Å². The van der Waals surface area contributed by atoms with Crippen LogP contribution in [-0.2, 0) is 11.3 Å². The molecule has 108 valence electrons. The van der Waals surface area contributed by atoms with Crippen molar-refractivity contribution in [2.24, 2.45) is 0 Å². The second-order valence-electron chi connectivity index (χ2n) is 4.72. The lowest BCUT2D eigenvalue weighted by molar-refractivity contribution is -0.137. The second-order valence-corrected chi connectivity index (χ2v) is 5.50. The lowest BCUT2D eigenvalue weighted by Gasteiger charge is -2.21. The maximum Gasteiger partial charge on any atom is 0.263 e. The van der Waals surface area contributed by atoms with Crippen LogP contribution in [0, 0.1) is 11.3 Å². The van der Waals surface area contributed by atoms with Gasteiger partial charge < -0.3 is 9.64 Å². The van der Waals surface area contributed by atoms with E-state index in [0.29, 0.717) is 17.9 Å². The van der Waals surface area contributed by atoms with Gasteiger partial charge in [0.05, 0.1) is 11.6 Å². The van der Waals surface area contributed by atoms with Gasteiger partial charge in [-0.15, -0.1) is 0 Å². The number of hydrogen-bond acceptors (Lipinski definition) is 4. The van der Waals surface area contributed by atoms with E-state index in [0.717, 1.165) is 5.56 Å². The largest absolute Gasteiger partial charge is 0.481 e. The smallest absolute Gasteiger partial charge is 0.263 e. The quantitative estimate of drug-likeness (QED) is 0.853. The van der Waals surface area contributed by atoms with Gasteiger partial charge in [-0.05, 0) is 53.6 Å². The minimum absolute atomic E-state index is 0.0782. The Morgan fingerprint density at radius 2 is 2.10 bits per heavy atom. The minimum atomic E-state index is -0.568. The highest BCUT2D eigenvalue weighted by molar-refractivity contribution is 7.07. The van der Waals surface area contributed by atoms with Crippen molar-refractivity contribution in [2.75, 3.05) is 7.05 Å². The van der Waals surface area contributed by atoms with E-state index < -0.39 is 6.10 Å². The van der Waals surface area contributed by atoms with E-state index in [9.17, 15) is 4.79 Å². The summed E-state index contributed by atoms with van der Waals surface area (Å²) in [6.07, 6.45) is -0.568. The molecule has 0 unspecified atom stereocenters. The second kappa shape index (κ2) is 6.91. The zero-order valence-corrected chi connectivity index (χ0v) is 12.8. The van der Waals surface area contributed by atoms with Crippen LogP contribution in [0.15, 0.2) is 41.1 Å². The van der Waals surface area contributed by atoms with Crippen molar-refractivity contribution < 1.29 is 9.53 Å². The molecule has 0 spiro atoms. The Hall–Kier alpha value is -2.32. The number of carbonyl (C=O) groups is 1. The average molecular weight is 300 g/mol. The number of likely N-dealkylation sites (N-methyl/N-ethyl adjacent to an activating group) is 1. The molecule has 1 aromatic heterocycles. The lowest BCUT2D eigenvalue weighted by Crippen LogP contribution is -2.37. The zero-order chi connectivity index (χ0) is 15.2. The third-order valence-corrected chi connectivity index (χ3v) is 3.75. The molecular weight excluding hydrogens is 284 g/mol. The Labute approximate surface area is 128 Å². The van der Waals surface area contributed by atoms with Crippen molar-refractivity contribution in [2.45, 2.75) is 19.6 Å². The summed E-state index contributed by atoms with van der Waals surface area (Å²) in [5.41, 5.74) is 1.68. The summed E-state index contributed by atoms with van der Waals surface area (Å²) >= 11 is 1.61. The number of ether oxygens (including phenoxy) is 1. The Kier molecular flexibility index (Phi) is 4.96. The van der Waals surface area contributed by atoms with Gasteiger partial charge in [0.25, 0.3) is 5.91 Å². The Morgan fingerprint density at radius 3 is 2.67 bits per heavy atom. The number of thiophene rings is 1. The fourth-order valence-electron chi connectivity index (χ4n) is 1.91. The number of rotatable bonds is 5. The van der Waals surface area contributed by atoms with E-state index in [1.54, 1.807) is 54.5 Å². The summed E-state index contributed by atoms with van der Waals surface area (Å²) in [5, 5.41) is 12.8. The van der Waals surface area contributed by atoms with E-state index in [2.05, 4.69) is 0 Å². The first-order valence-electron chi connectivity index (χ1n) is 6.53. The normalized spacial score (nSPS) is 11.5. The van der Waals surface area contributed by atoms with Gasteiger partial charge in [0, 0.05) is 13.6 Å². The maximum absolute atomic E-state index is 12.2. The molecule has 0 radical (unpaired) electrons. The monoisotopic (exact) mass is 300 g/mol. The zero-order valence-electron chi connectivity index (χ0n) is 11.9. The number of hydrogen-bond donors (Lipinski definition) is 0. The fraction of sp³-hybridized carbons (Fsp3) is 0.250. The van der Waals surface area contributed by atoms with Crippen molar-refractivity contribution >= 4 is 17.2 Å². The molecule has 21 heavy (non-hydrogen) atoms. The van der Waals surface area contributed by atoms with Gasteiger partial charge in [0.1, 0.15) is 5.75 Å². The van der Waals surface area contributed by atoms with Crippen molar-refractivity contribution in [3.63, 3.8) is 0 Å². The molecule has 1 heterocycles. The van der Waals surface area contributed by atoms with Crippen LogP contribution in [0.3, 0.4) is 0 Å². The molecular formula is C16H16N2O2S. The van der Waals surface area contributed by atoms with Gasteiger partial charge in [0.15, 0.2) is 6.10 Å². The fourth-order valence-corrected chi connectivity index (χ4v) is 2.57. The van der Waals surface area contributed by atoms with E-state index >= 15 is 0 Å². The summed E-state index contributed by atoms with van der Waals surface area (Å²) in [6.45, 7) is 2.30. The Balaban J connectivity index is 1.93. The number of nitriles is 1. The maximum atomic E-state index is 12.2. The van der Waals surface area contributed by atoms with Crippen molar-refractivity contribution in [1.82, 2.24) is 4.90 Å². The van der Waals surface area contributed by atoms with Crippen LogP contribution in [-0.4, -0.2) is 24.0 Å². The third kappa shape index (κ3) is 4.07. The molecule has 1 atom stereocenters. The molecule has 0 fully saturated rings. The van der Waals surface area contributed by atoms with Gasteiger partial charge in [-0.1, -0.05) is 0 Å². The van der Waals surface area contributed by atoms with Crippen LogP contribution < -0.4 is 4.74 Å². The molecule has 0 bridgehead atoms. The molecule has 5 heteroatoms. The molecule has 0 aliphatic rings. The van der Waals surface area contributed by atoms with E-state index in [1.807, 2.05) is 22.9 Å². The SMILES string of the molecule is C[C@@H](Oc1ccc(C#N)cc1)C(=O)N(C)Cc1ccsc1. The standard InChI is InChI=1S/C16H16N2O2S/c1-12(20-15-5-3-13(9-17)4-6-15)16(19)18(2)10-14-7-8-21-11-14/h3-8,11-12H,10H2,1-2H3/t12-/m1/s1. The Bertz CT molecular complexity index is 629. The first kappa shape index (κ1) is 15.1. The van der Waals surface area contributed by atoms with Crippen LogP contribution >= 0.6 is 11.3 Å². The highest BCUT2D eigenvalue weighted by Gasteiger charge is 2.19. The number of amides is 1. The van der Waals surface area contributed by atoms with E-state index in [1.165, 1.54) is 0 Å². The predicted molar refractivity (Wildman–Crippen MR) is 82.0 cm³/mol. The number of carbonyl (C=O) groups excluding carboxylic acids is 1. The Morgan fingerprint density at radius 1 is 1.38 bits per heavy atom. The third-order valence-electron chi connectivity index (χ3n) is 3.02. The number of benzene rings is 1. The van der Waals surface area contributed by atoms with Gasteiger partial charge in [-0.25, -0.2) is 0 Å². The summed E-state index contributed by atoms with van der Waals surface area (Å²) in [5.74, 6) is 0.504. The molecule has 2 rings (SSSR count). The molecule has 0 saturated heterocycles. The van der Waals surface area contributed by atoms with E-state index in [4.69, 9.17) is 10.00 Å². The molecule has 0 N–H and O–H groups in total. The summed E-state index contributed by atoms with van der Waals surface area (Å²) in [6, 6.07) is 10.8. The summed E-state index contributed by atoms with van der Waals surface area (Å²) in [4.78, 5) is 13.9. The highest BCUT2D eigenvalue weighted by atomic mass is 32.1. The topological polar surface area (TPSA) is 53.3 Å². The van der Waals surface area contributed by atoms with Crippen LogP contribution in [0.25, 0.3) is 0 Å². The molecule has 2 aromatic rings. The highest BCUT2D eigenvalue weighted by Crippen LogP contribution is 2.15. The molecule has 0 aliphatic heterocycles. The van der Waals surface area contributed by atoms with Crippen LogP contribution in [0.5, 0.6) is 5.75 Å². The molecule has 0 saturated carbocycles. The van der Waals surface area contributed by atoms with Gasteiger partial charge >= 0.3 is 0 Å². The molecule has 0 aliphatic carbocycles. The molecule has 1 amide bonds. The number of nitrogens with zero attached hydrogens (tertiary/aromatic N) is 2. The van der Waals surface area contributed by atoms with Crippen LogP contribution in [0.4, 0.5) is 0 Å². The minimum Gasteiger partial charge on any atom is -0.481 e. The van der Waals surface area contributed by atoms with Gasteiger partial charge in [-0.3, -0.25) is 4.79 Å². The molecule has 4 nitrogen and oxygen atoms in total. The summed E-state index contributed by atoms with van der Waals surface area (Å²) in [7, 11) is 1.76. The van der Waals surface area contributed by atoms with Gasteiger partial charge in [-0.2, -0.15) is 16.6 Å². The average Bonchev–Trinajstić information content (AvgIpc) is 3.00. The van der Waals surface area contributed by atoms with Crippen molar-refractivity contribution in [3.8, 4) is 11.8 Å². The predicted octanol–water partition coefficient (Wildman–Crippen LogP) is 3.05. The van der Waals surface area contributed by atoms with Crippen molar-refractivity contribution in [3.05, 3.63) is 52.2 Å². The van der Waals surface area contributed by atoms with Gasteiger partial charge in [0.2, 0.25) is 0 Å². The van der Waals surface area contributed by atoms with E-state index in [-0.39, 0.29) is 5.91 Å². The first-order valence-corrected chi connectivity index (χ1v) is 7.47. The molecule has 1 aromatic carbocycles. The van der Waals surface area contributed by atoms with Crippen molar-refractivity contribution in [1.29, 1.82) is 5.26 Å².